The molecule has 2 aromatic rings. The number of nitrogens with zero attached hydrogens (tertiary/aromatic N) is 4. The molecule has 0 spiro atoms. The van der Waals surface area contributed by atoms with Crippen LogP contribution >= 0.6 is 0 Å². The Labute approximate surface area is 133 Å². The molecule has 120 valence electrons. The third-order valence-corrected chi connectivity index (χ3v) is 4.77. The Morgan fingerprint density at radius 2 is 2.30 bits per heavy atom. The van der Waals surface area contributed by atoms with Gasteiger partial charge >= 0.3 is 0 Å². The number of carbonyl (C=O) groups is 1. The molecule has 4 heterocycles. The highest BCUT2D eigenvalue weighted by Crippen LogP contribution is 2.39. The minimum atomic E-state index is -0.00592. The number of rotatable bonds is 3. The van der Waals surface area contributed by atoms with Gasteiger partial charge in [0.05, 0.1) is 18.8 Å². The van der Waals surface area contributed by atoms with E-state index in [-0.39, 0.29) is 18.0 Å². The summed E-state index contributed by atoms with van der Waals surface area (Å²) < 4.78 is 6.94. The number of fused-ring (bicyclic) bond motifs is 2. The Bertz CT molecular complexity index is 775. The van der Waals surface area contributed by atoms with Crippen molar-refractivity contribution in [2.75, 3.05) is 7.11 Å². The van der Waals surface area contributed by atoms with Crippen molar-refractivity contribution >= 4 is 11.5 Å². The molecule has 1 fully saturated rings. The van der Waals surface area contributed by atoms with Crippen LogP contribution in [0.2, 0.25) is 0 Å². The second-order valence-electron chi connectivity index (χ2n) is 6.07. The van der Waals surface area contributed by atoms with E-state index in [4.69, 9.17) is 4.74 Å². The van der Waals surface area contributed by atoms with Crippen LogP contribution in [0.1, 0.15) is 35.4 Å². The zero-order valence-corrected chi connectivity index (χ0v) is 13.2. The quantitative estimate of drug-likeness (QED) is 0.934. The molecule has 2 aromatic heterocycles. The molecule has 0 aromatic carbocycles. The maximum Gasteiger partial charge on any atom is 0.272 e. The number of nitrogens with one attached hydrogen (secondary N) is 1. The molecule has 2 unspecified atom stereocenters. The lowest BCUT2D eigenvalue weighted by Crippen LogP contribution is -2.43. The highest BCUT2D eigenvalue weighted by Gasteiger charge is 2.40. The summed E-state index contributed by atoms with van der Waals surface area (Å²) in [5.74, 6) is 0.428. The number of aromatic amines is 1. The average Bonchev–Trinajstić information content (AvgIpc) is 3.25. The molecule has 1 N–H and O–H groups in total. The molecule has 2 bridgehead atoms. The van der Waals surface area contributed by atoms with Gasteiger partial charge in [0.2, 0.25) is 5.88 Å². The van der Waals surface area contributed by atoms with Crippen molar-refractivity contribution in [2.45, 2.75) is 31.3 Å². The Morgan fingerprint density at radius 3 is 2.96 bits per heavy atom. The molecular weight excluding hydrogens is 294 g/mol. The van der Waals surface area contributed by atoms with Crippen LogP contribution in [0.15, 0.2) is 24.4 Å². The number of hydrogen-bond donors (Lipinski definition) is 1. The number of hydrogen-bond acceptors (Lipinski definition) is 4. The van der Waals surface area contributed by atoms with Crippen molar-refractivity contribution in [3.63, 3.8) is 0 Å². The normalized spacial score (nSPS) is 23.0. The van der Waals surface area contributed by atoms with E-state index in [0.29, 0.717) is 11.6 Å². The van der Waals surface area contributed by atoms with Gasteiger partial charge < -0.3 is 9.64 Å². The van der Waals surface area contributed by atoms with Gasteiger partial charge in [0.1, 0.15) is 5.69 Å². The minimum Gasteiger partial charge on any atom is -0.480 e. The van der Waals surface area contributed by atoms with Gasteiger partial charge in [-0.1, -0.05) is 6.08 Å². The van der Waals surface area contributed by atoms with Crippen LogP contribution in [0, 0.1) is 0 Å². The van der Waals surface area contributed by atoms with Crippen molar-refractivity contribution in [3.05, 3.63) is 35.8 Å². The summed E-state index contributed by atoms with van der Waals surface area (Å²) in [6.45, 7) is 0. The maximum absolute atomic E-state index is 12.8. The van der Waals surface area contributed by atoms with Gasteiger partial charge in [0.25, 0.3) is 5.91 Å². The molecule has 7 heteroatoms. The van der Waals surface area contributed by atoms with Gasteiger partial charge in [-0.3, -0.25) is 14.6 Å². The first-order valence-electron chi connectivity index (χ1n) is 7.78. The van der Waals surface area contributed by atoms with Crippen LogP contribution < -0.4 is 4.74 Å². The smallest absolute Gasteiger partial charge is 0.272 e. The fraction of sp³-hybridized carbons (Fsp3) is 0.438. The standard InChI is InChI=1S/C16H19N5O2/c1-20-14(5-6-17-20)10-7-11-3-4-12(8-10)21(11)16(22)13-9-15(23-2)19-18-13/h5-7,9,11-12H,3-4,8H2,1-2H3,(H,18,19). The Hall–Kier alpha value is -2.57. The van der Waals surface area contributed by atoms with E-state index >= 15 is 0 Å². The van der Waals surface area contributed by atoms with E-state index in [9.17, 15) is 4.79 Å². The molecule has 1 saturated heterocycles. The number of methoxy groups -OCH3 is 1. The Kier molecular flexibility index (Phi) is 3.21. The van der Waals surface area contributed by atoms with Crippen LogP contribution in [0.4, 0.5) is 0 Å². The topological polar surface area (TPSA) is 76.0 Å². The van der Waals surface area contributed by atoms with Gasteiger partial charge in [-0.05, 0) is 30.9 Å². The Morgan fingerprint density at radius 1 is 1.43 bits per heavy atom. The van der Waals surface area contributed by atoms with Crippen LogP contribution in [0.25, 0.3) is 5.57 Å². The van der Waals surface area contributed by atoms with Crippen molar-refractivity contribution in [2.24, 2.45) is 7.05 Å². The van der Waals surface area contributed by atoms with Crippen molar-refractivity contribution in [1.29, 1.82) is 0 Å². The summed E-state index contributed by atoms with van der Waals surface area (Å²) >= 11 is 0. The fourth-order valence-corrected chi connectivity index (χ4v) is 3.68. The van der Waals surface area contributed by atoms with E-state index < -0.39 is 0 Å². The maximum atomic E-state index is 12.8. The van der Waals surface area contributed by atoms with E-state index in [1.165, 1.54) is 12.7 Å². The highest BCUT2D eigenvalue weighted by molar-refractivity contribution is 5.94. The number of aromatic nitrogens is 4. The van der Waals surface area contributed by atoms with Crippen molar-refractivity contribution in [1.82, 2.24) is 24.9 Å². The van der Waals surface area contributed by atoms with Gasteiger partial charge in [-0.15, -0.1) is 5.10 Å². The molecule has 4 rings (SSSR count). The first kappa shape index (κ1) is 14.0. The largest absolute Gasteiger partial charge is 0.480 e. The molecule has 2 atom stereocenters. The Balaban J connectivity index is 1.61. The first-order valence-corrected chi connectivity index (χ1v) is 7.78. The summed E-state index contributed by atoms with van der Waals surface area (Å²) in [5.41, 5.74) is 2.90. The number of carbonyl (C=O) groups excluding carboxylic acids is 1. The first-order chi connectivity index (χ1) is 11.2. The third-order valence-electron chi connectivity index (χ3n) is 4.77. The highest BCUT2D eigenvalue weighted by atomic mass is 16.5. The monoisotopic (exact) mass is 313 g/mol. The molecule has 2 aliphatic rings. The summed E-state index contributed by atoms with van der Waals surface area (Å²) in [6, 6.07) is 4.06. The van der Waals surface area contributed by atoms with Gasteiger partial charge in [-0.2, -0.15) is 5.10 Å². The second-order valence-corrected chi connectivity index (χ2v) is 6.07. The van der Waals surface area contributed by atoms with Gasteiger partial charge in [0.15, 0.2) is 0 Å². The lowest BCUT2D eigenvalue weighted by Gasteiger charge is -2.33. The van der Waals surface area contributed by atoms with Gasteiger partial charge in [-0.25, -0.2) is 0 Å². The summed E-state index contributed by atoms with van der Waals surface area (Å²) in [7, 11) is 3.49. The fourth-order valence-electron chi connectivity index (χ4n) is 3.68. The molecule has 0 radical (unpaired) electrons. The van der Waals surface area contributed by atoms with Crippen molar-refractivity contribution < 1.29 is 9.53 Å². The predicted molar refractivity (Wildman–Crippen MR) is 83.9 cm³/mol. The molecule has 1 amide bonds. The molecule has 0 saturated carbocycles. The van der Waals surface area contributed by atoms with Crippen LogP contribution in [-0.2, 0) is 7.05 Å². The SMILES string of the molecule is COc1cc(C(=O)N2C3C=C(c4ccnn4C)CC2CC3)[nH]n1. The molecule has 7 nitrogen and oxygen atoms in total. The molecular formula is C16H19N5O2. The number of ether oxygens (including phenoxy) is 1. The second kappa shape index (κ2) is 5.26. The van der Waals surface area contributed by atoms with Crippen LogP contribution in [0.5, 0.6) is 5.88 Å². The number of H-pyrrole nitrogens is 1. The molecule has 23 heavy (non-hydrogen) atoms. The molecule has 0 aliphatic carbocycles. The third kappa shape index (κ3) is 2.23. The summed E-state index contributed by atoms with van der Waals surface area (Å²) in [6.07, 6.45) is 6.92. The predicted octanol–water partition coefficient (Wildman–Crippen LogP) is 1.61. The zero-order valence-electron chi connectivity index (χ0n) is 13.2. The summed E-state index contributed by atoms with van der Waals surface area (Å²) in [5, 5.41) is 11.0. The number of amides is 1. The average molecular weight is 313 g/mol. The van der Waals surface area contributed by atoms with E-state index in [2.05, 4.69) is 21.4 Å². The lowest BCUT2D eigenvalue weighted by atomic mass is 9.98. The number of aryl methyl sites for hydroxylation is 1. The lowest BCUT2D eigenvalue weighted by molar-refractivity contribution is 0.0686. The summed E-state index contributed by atoms with van der Waals surface area (Å²) in [4.78, 5) is 14.8. The van der Waals surface area contributed by atoms with Gasteiger partial charge in [0, 0.05) is 25.4 Å². The molecule has 2 aliphatic heterocycles. The van der Waals surface area contributed by atoms with E-state index in [1.807, 2.05) is 28.9 Å². The minimum absolute atomic E-state index is 0.00592. The zero-order chi connectivity index (χ0) is 16.0. The van der Waals surface area contributed by atoms with Crippen LogP contribution in [0.3, 0.4) is 0 Å². The van der Waals surface area contributed by atoms with Crippen LogP contribution in [-0.4, -0.2) is 50.0 Å². The van der Waals surface area contributed by atoms with E-state index in [1.54, 1.807) is 6.07 Å². The van der Waals surface area contributed by atoms with Crippen molar-refractivity contribution in [3.8, 4) is 5.88 Å². The van der Waals surface area contributed by atoms with E-state index in [0.717, 1.165) is 25.0 Å².